The SMILES string of the molecule is CC(C)C(C)Cn1c(CCCl)nc2c(Cl)cccc21. The van der Waals surface area contributed by atoms with Crippen molar-refractivity contribution in [3.8, 4) is 0 Å². The van der Waals surface area contributed by atoms with Crippen molar-refractivity contribution in [2.45, 2.75) is 33.7 Å². The zero-order chi connectivity index (χ0) is 14.0. The van der Waals surface area contributed by atoms with Gasteiger partial charge in [0.05, 0.1) is 10.5 Å². The fourth-order valence-corrected chi connectivity index (χ4v) is 2.52. The molecule has 0 amide bonds. The highest BCUT2D eigenvalue weighted by Gasteiger charge is 2.16. The second-order valence-corrected chi connectivity index (χ2v) is 6.19. The van der Waals surface area contributed by atoms with Gasteiger partial charge in [-0.3, -0.25) is 0 Å². The number of aromatic nitrogens is 2. The van der Waals surface area contributed by atoms with Crippen molar-refractivity contribution in [1.29, 1.82) is 0 Å². The number of hydrogen-bond acceptors (Lipinski definition) is 1. The van der Waals surface area contributed by atoms with Gasteiger partial charge in [-0.05, 0) is 24.0 Å². The van der Waals surface area contributed by atoms with Gasteiger partial charge in [-0.15, -0.1) is 11.6 Å². The number of hydrogen-bond donors (Lipinski definition) is 0. The molecule has 1 unspecified atom stereocenters. The summed E-state index contributed by atoms with van der Waals surface area (Å²) in [5.41, 5.74) is 2.00. The van der Waals surface area contributed by atoms with Crippen molar-refractivity contribution in [2.75, 3.05) is 5.88 Å². The molecule has 0 fully saturated rings. The minimum Gasteiger partial charge on any atom is -0.328 e. The number of aryl methyl sites for hydroxylation is 1. The molecule has 1 aromatic heterocycles. The molecule has 1 atom stereocenters. The van der Waals surface area contributed by atoms with Crippen molar-refractivity contribution in [3.05, 3.63) is 29.0 Å². The Kier molecular flexibility index (Phi) is 4.75. The fourth-order valence-electron chi connectivity index (χ4n) is 2.14. The van der Waals surface area contributed by atoms with Crippen LogP contribution in [0.5, 0.6) is 0 Å². The second kappa shape index (κ2) is 6.15. The number of halogens is 2. The Labute approximate surface area is 124 Å². The maximum absolute atomic E-state index is 6.23. The monoisotopic (exact) mass is 298 g/mol. The maximum Gasteiger partial charge on any atom is 0.111 e. The zero-order valence-corrected chi connectivity index (χ0v) is 13.2. The van der Waals surface area contributed by atoms with Gasteiger partial charge in [0.15, 0.2) is 0 Å². The van der Waals surface area contributed by atoms with Crippen LogP contribution in [0.15, 0.2) is 18.2 Å². The molecule has 0 aliphatic carbocycles. The van der Waals surface area contributed by atoms with Crippen LogP contribution in [0.3, 0.4) is 0 Å². The first-order chi connectivity index (χ1) is 9.04. The lowest BCUT2D eigenvalue weighted by molar-refractivity contribution is 0.364. The van der Waals surface area contributed by atoms with Crippen LogP contribution in [0.2, 0.25) is 5.02 Å². The lowest BCUT2D eigenvalue weighted by atomic mass is 9.98. The van der Waals surface area contributed by atoms with Gasteiger partial charge in [0, 0.05) is 18.8 Å². The first-order valence-electron chi connectivity index (χ1n) is 6.74. The number of benzene rings is 1. The Morgan fingerprint density at radius 2 is 2.00 bits per heavy atom. The van der Waals surface area contributed by atoms with Crippen LogP contribution in [0.4, 0.5) is 0 Å². The summed E-state index contributed by atoms with van der Waals surface area (Å²) in [6, 6.07) is 5.95. The van der Waals surface area contributed by atoms with E-state index in [1.165, 1.54) is 0 Å². The van der Waals surface area contributed by atoms with Gasteiger partial charge in [0.2, 0.25) is 0 Å². The van der Waals surface area contributed by atoms with Crippen molar-refractivity contribution >= 4 is 34.2 Å². The quantitative estimate of drug-likeness (QED) is 0.728. The third kappa shape index (κ3) is 3.06. The summed E-state index contributed by atoms with van der Waals surface area (Å²) < 4.78 is 2.27. The molecule has 19 heavy (non-hydrogen) atoms. The van der Waals surface area contributed by atoms with Crippen molar-refractivity contribution in [2.24, 2.45) is 11.8 Å². The number of para-hydroxylation sites is 1. The summed E-state index contributed by atoms with van der Waals surface area (Å²) >= 11 is 12.1. The van der Waals surface area contributed by atoms with Crippen LogP contribution in [-0.2, 0) is 13.0 Å². The number of rotatable bonds is 5. The number of nitrogens with zero attached hydrogens (tertiary/aromatic N) is 2. The molecule has 0 bridgehead atoms. The van der Waals surface area contributed by atoms with E-state index in [4.69, 9.17) is 23.2 Å². The third-order valence-electron chi connectivity index (χ3n) is 3.74. The smallest absolute Gasteiger partial charge is 0.111 e. The molecule has 0 aliphatic rings. The average molecular weight is 299 g/mol. The van der Waals surface area contributed by atoms with E-state index in [0.717, 1.165) is 29.8 Å². The molecule has 0 radical (unpaired) electrons. The van der Waals surface area contributed by atoms with Crippen LogP contribution in [0, 0.1) is 11.8 Å². The molecule has 4 heteroatoms. The average Bonchev–Trinajstić information content (AvgIpc) is 2.70. The predicted molar refractivity (Wildman–Crippen MR) is 83.2 cm³/mol. The van der Waals surface area contributed by atoms with Gasteiger partial charge in [-0.25, -0.2) is 4.98 Å². The molecule has 0 N–H and O–H groups in total. The Morgan fingerprint density at radius 3 is 2.63 bits per heavy atom. The minimum atomic E-state index is 0.580. The third-order valence-corrected chi connectivity index (χ3v) is 4.23. The molecule has 2 rings (SSSR count). The van der Waals surface area contributed by atoms with E-state index in [1.54, 1.807) is 0 Å². The van der Waals surface area contributed by atoms with E-state index in [0.29, 0.717) is 22.7 Å². The van der Waals surface area contributed by atoms with Gasteiger partial charge in [0.1, 0.15) is 11.3 Å². The zero-order valence-electron chi connectivity index (χ0n) is 11.7. The Bertz CT molecular complexity index is 561. The van der Waals surface area contributed by atoms with Crippen LogP contribution >= 0.6 is 23.2 Å². The molecule has 0 saturated heterocycles. The van der Waals surface area contributed by atoms with Crippen LogP contribution in [-0.4, -0.2) is 15.4 Å². The Hall–Kier alpha value is -0.730. The molecule has 0 spiro atoms. The standard InChI is InChI=1S/C15H20Cl2N2/c1-10(2)11(3)9-19-13-6-4-5-12(17)15(13)18-14(19)7-8-16/h4-6,10-11H,7-9H2,1-3H3. The highest BCUT2D eigenvalue weighted by molar-refractivity contribution is 6.34. The number of fused-ring (bicyclic) bond motifs is 1. The summed E-state index contributed by atoms with van der Waals surface area (Å²) in [6.07, 6.45) is 0.775. The van der Waals surface area contributed by atoms with Crippen molar-refractivity contribution in [3.63, 3.8) is 0 Å². The second-order valence-electron chi connectivity index (χ2n) is 5.41. The Morgan fingerprint density at radius 1 is 1.26 bits per heavy atom. The van der Waals surface area contributed by atoms with E-state index in [2.05, 4.69) is 36.4 Å². The summed E-state index contributed by atoms with van der Waals surface area (Å²) in [5, 5.41) is 0.712. The molecule has 0 saturated carbocycles. The lowest BCUT2D eigenvalue weighted by Gasteiger charge is -2.18. The molecule has 2 nitrogen and oxygen atoms in total. The summed E-state index contributed by atoms with van der Waals surface area (Å²) in [6.45, 7) is 7.72. The van der Waals surface area contributed by atoms with Crippen LogP contribution < -0.4 is 0 Å². The van der Waals surface area contributed by atoms with E-state index in [9.17, 15) is 0 Å². The lowest BCUT2D eigenvalue weighted by Crippen LogP contribution is -2.15. The maximum atomic E-state index is 6.23. The normalized spacial score (nSPS) is 13.4. The highest BCUT2D eigenvalue weighted by Crippen LogP contribution is 2.26. The van der Waals surface area contributed by atoms with E-state index in [1.807, 2.05) is 12.1 Å². The molecular weight excluding hydrogens is 279 g/mol. The topological polar surface area (TPSA) is 17.8 Å². The molecule has 1 aromatic carbocycles. The first-order valence-corrected chi connectivity index (χ1v) is 7.65. The number of imidazole rings is 1. The van der Waals surface area contributed by atoms with Crippen LogP contribution in [0.1, 0.15) is 26.6 Å². The minimum absolute atomic E-state index is 0.580. The summed E-state index contributed by atoms with van der Waals surface area (Å²) in [4.78, 5) is 4.66. The first kappa shape index (κ1) is 14.7. The van der Waals surface area contributed by atoms with Gasteiger partial charge in [-0.2, -0.15) is 0 Å². The molecule has 2 aromatic rings. The summed E-state index contributed by atoms with van der Waals surface area (Å²) in [7, 11) is 0. The van der Waals surface area contributed by atoms with E-state index < -0.39 is 0 Å². The van der Waals surface area contributed by atoms with Crippen molar-refractivity contribution in [1.82, 2.24) is 9.55 Å². The van der Waals surface area contributed by atoms with E-state index in [-0.39, 0.29) is 0 Å². The molecule has 104 valence electrons. The predicted octanol–water partition coefficient (Wildman–Crippen LogP) is 4.76. The van der Waals surface area contributed by atoms with Gasteiger partial charge < -0.3 is 4.57 Å². The molecular formula is C15H20Cl2N2. The van der Waals surface area contributed by atoms with Gasteiger partial charge in [-0.1, -0.05) is 38.4 Å². The van der Waals surface area contributed by atoms with Gasteiger partial charge >= 0.3 is 0 Å². The van der Waals surface area contributed by atoms with E-state index >= 15 is 0 Å². The Balaban J connectivity index is 2.49. The molecule has 1 heterocycles. The fraction of sp³-hybridized carbons (Fsp3) is 0.533. The van der Waals surface area contributed by atoms with Gasteiger partial charge in [0.25, 0.3) is 0 Å². The van der Waals surface area contributed by atoms with Crippen molar-refractivity contribution < 1.29 is 0 Å². The number of alkyl halides is 1. The highest BCUT2D eigenvalue weighted by atomic mass is 35.5. The summed E-state index contributed by atoms with van der Waals surface area (Å²) in [5.74, 6) is 2.84. The largest absolute Gasteiger partial charge is 0.328 e. The molecule has 0 aliphatic heterocycles. The van der Waals surface area contributed by atoms with Crippen LogP contribution in [0.25, 0.3) is 11.0 Å².